The molecule has 1 N–H and O–H groups in total. The Kier molecular flexibility index (Phi) is 7.30. The van der Waals surface area contributed by atoms with Crippen molar-refractivity contribution in [3.05, 3.63) is 94.5 Å². The first-order chi connectivity index (χ1) is 17.9. The van der Waals surface area contributed by atoms with Crippen LogP contribution < -0.4 is 10.1 Å². The number of hydrazone groups is 1. The molecule has 2 atom stereocenters. The Bertz CT molecular complexity index is 1390. The lowest BCUT2D eigenvalue weighted by atomic mass is 9.98. The molecule has 0 fully saturated rings. The monoisotopic (exact) mass is 532 g/mol. The number of halogens is 1. The molecule has 5 rings (SSSR count). The Morgan fingerprint density at radius 3 is 2.59 bits per heavy atom. The van der Waals surface area contributed by atoms with Gasteiger partial charge in [0.05, 0.1) is 18.9 Å². The van der Waals surface area contributed by atoms with Crippen LogP contribution in [0.3, 0.4) is 0 Å². The van der Waals surface area contributed by atoms with Crippen LogP contribution in [0.25, 0.3) is 0 Å². The third-order valence-corrected chi connectivity index (χ3v) is 7.58. The van der Waals surface area contributed by atoms with Gasteiger partial charge in [-0.05, 0) is 72.1 Å². The lowest BCUT2D eigenvalue weighted by Gasteiger charge is -2.23. The van der Waals surface area contributed by atoms with Crippen LogP contribution in [0.2, 0.25) is 5.02 Å². The maximum Gasteiger partial charge on any atom is 0.262 e. The fourth-order valence-corrected chi connectivity index (χ4v) is 5.48. The number of rotatable bonds is 6. The Morgan fingerprint density at radius 1 is 1.14 bits per heavy atom. The summed E-state index contributed by atoms with van der Waals surface area (Å²) in [6.07, 6.45) is 0.652. The number of nitrogens with one attached hydrogen (secondary N) is 1. The molecular formula is C28H25ClN4O3S. The second kappa shape index (κ2) is 10.8. The van der Waals surface area contributed by atoms with E-state index in [0.29, 0.717) is 22.3 Å². The van der Waals surface area contributed by atoms with Gasteiger partial charge in [0.15, 0.2) is 5.17 Å². The van der Waals surface area contributed by atoms with Gasteiger partial charge in [-0.1, -0.05) is 47.6 Å². The number of nitrogens with zero attached hydrogens (tertiary/aromatic N) is 3. The molecule has 2 aliphatic rings. The highest BCUT2D eigenvalue weighted by Gasteiger charge is 2.39. The molecule has 3 aromatic carbocycles. The maximum atomic E-state index is 12.8. The maximum absolute atomic E-state index is 12.8. The fraction of sp³-hybridized carbons (Fsp3) is 0.214. The Balaban J connectivity index is 1.35. The average molecular weight is 533 g/mol. The number of aryl methyl sites for hydroxylation is 1. The van der Waals surface area contributed by atoms with Crippen molar-refractivity contribution in [2.75, 3.05) is 12.4 Å². The van der Waals surface area contributed by atoms with E-state index in [1.54, 1.807) is 12.1 Å². The minimum atomic E-state index is -0.606. The van der Waals surface area contributed by atoms with Gasteiger partial charge in [0, 0.05) is 23.6 Å². The normalized spacial score (nSPS) is 19.0. The van der Waals surface area contributed by atoms with E-state index in [9.17, 15) is 9.59 Å². The summed E-state index contributed by atoms with van der Waals surface area (Å²) in [5, 5.41) is 10.1. The minimum Gasteiger partial charge on any atom is -0.497 e. The molecule has 0 aromatic heterocycles. The number of aliphatic imine (C=N–C) groups is 1. The van der Waals surface area contributed by atoms with Crippen molar-refractivity contribution in [3.8, 4) is 5.75 Å². The van der Waals surface area contributed by atoms with Crippen molar-refractivity contribution in [1.29, 1.82) is 0 Å². The molecule has 0 bridgehead atoms. The van der Waals surface area contributed by atoms with Crippen LogP contribution in [0.4, 0.5) is 5.69 Å². The molecule has 0 spiro atoms. The predicted molar refractivity (Wildman–Crippen MR) is 148 cm³/mol. The molecule has 2 aliphatic heterocycles. The minimum absolute atomic E-state index is 0.0267. The number of thioether (sulfide) groups is 1. The summed E-state index contributed by atoms with van der Waals surface area (Å²) in [6.45, 7) is 1.96. The van der Waals surface area contributed by atoms with E-state index < -0.39 is 5.25 Å². The lowest BCUT2D eigenvalue weighted by Crippen LogP contribution is -2.25. The summed E-state index contributed by atoms with van der Waals surface area (Å²) in [7, 11) is 1.63. The highest BCUT2D eigenvalue weighted by Crippen LogP contribution is 2.39. The molecule has 3 aromatic rings. The van der Waals surface area contributed by atoms with Gasteiger partial charge < -0.3 is 10.1 Å². The molecule has 0 saturated heterocycles. The van der Waals surface area contributed by atoms with Gasteiger partial charge >= 0.3 is 0 Å². The van der Waals surface area contributed by atoms with Crippen LogP contribution in [-0.4, -0.2) is 40.1 Å². The van der Waals surface area contributed by atoms with E-state index in [1.165, 1.54) is 11.8 Å². The van der Waals surface area contributed by atoms with Crippen LogP contribution >= 0.6 is 23.4 Å². The molecule has 188 valence electrons. The first kappa shape index (κ1) is 25.0. The van der Waals surface area contributed by atoms with E-state index in [0.717, 1.165) is 28.2 Å². The number of ether oxygens (including phenoxy) is 1. The first-order valence-electron chi connectivity index (χ1n) is 11.8. The molecule has 2 heterocycles. The lowest BCUT2D eigenvalue weighted by molar-refractivity contribution is -0.121. The Labute approximate surface area is 224 Å². The third-order valence-electron chi connectivity index (χ3n) is 6.19. The van der Waals surface area contributed by atoms with E-state index in [1.807, 2.05) is 79.7 Å². The fourth-order valence-electron chi connectivity index (χ4n) is 4.30. The first-order valence-corrected chi connectivity index (χ1v) is 13.1. The Hall–Kier alpha value is -3.62. The van der Waals surface area contributed by atoms with Gasteiger partial charge in [-0.25, -0.2) is 5.01 Å². The largest absolute Gasteiger partial charge is 0.497 e. The molecule has 0 saturated carbocycles. The van der Waals surface area contributed by atoms with Crippen molar-refractivity contribution in [1.82, 2.24) is 5.01 Å². The van der Waals surface area contributed by atoms with Crippen molar-refractivity contribution in [2.45, 2.75) is 31.1 Å². The molecule has 9 heteroatoms. The number of hydrogen-bond acceptors (Lipinski definition) is 6. The summed E-state index contributed by atoms with van der Waals surface area (Å²) in [6, 6.07) is 22.7. The summed E-state index contributed by atoms with van der Waals surface area (Å²) in [4.78, 5) is 29.8. The molecule has 37 heavy (non-hydrogen) atoms. The number of anilines is 1. The third kappa shape index (κ3) is 5.70. The number of carbonyl (C=O) groups excluding carboxylic acids is 2. The zero-order valence-electron chi connectivity index (χ0n) is 20.3. The van der Waals surface area contributed by atoms with Crippen molar-refractivity contribution in [3.63, 3.8) is 0 Å². The molecule has 0 radical (unpaired) electrons. The number of amides is 2. The van der Waals surface area contributed by atoms with Gasteiger partial charge in [-0.15, -0.1) is 0 Å². The van der Waals surface area contributed by atoms with Gasteiger partial charge in [0.25, 0.3) is 5.91 Å². The van der Waals surface area contributed by atoms with Crippen molar-refractivity contribution < 1.29 is 14.3 Å². The van der Waals surface area contributed by atoms with Gasteiger partial charge in [0.1, 0.15) is 11.0 Å². The average Bonchev–Trinajstić information content (AvgIpc) is 3.48. The second-order valence-electron chi connectivity index (χ2n) is 8.85. The highest BCUT2D eigenvalue weighted by atomic mass is 35.5. The summed E-state index contributed by atoms with van der Waals surface area (Å²) >= 11 is 7.40. The van der Waals surface area contributed by atoms with Gasteiger partial charge in [0.2, 0.25) is 5.91 Å². The number of hydrogen-bond donors (Lipinski definition) is 1. The van der Waals surface area contributed by atoms with Crippen molar-refractivity contribution >= 4 is 51.7 Å². The smallest absolute Gasteiger partial charge is 0.262 e. The topological polar surface area (TPSA) is 83.4 Å². The van der Waals surface area contributed by atoms with E-state index >= 15 is 0 Å². The number of carbonyl (C=O) groups is 2. The van der Waals surface area contributed by atoms with E-state index in [2.05, 4.69) is 10.3 Å². The van der Waals surface area contributed by atoms with Crippen LogP contribution in [0.15, 0.2) is 82.9 Å². The number of amidine groups is 1. The second-order valence-corrected chi connectivity index (χ2v) is 10.5. The zero-order chi connectivity index (χ0) is 25.9. The highest BCUT2D eigenvalue weighted by molar-refractivity contribution is 8.15. The standard InChI is InChI=1S/C28H25ClN4O3S/c1-17-4-3-5-21(14-17)30-26(34)16-25-27(35)31-28(37-25)33-24(19-6-10-20(29)11-7-19)15-23(32-33)18-8-12-22(36-2)13-9-18/h3-14,24-25H,15-16H2,1-2H3,(H,30,34)/t24-,25+/m0/s1. The molecule has 2 amide bonds. The van der Waals surface area contributed by atoms with E-state index in [4.69, 9.17) is 21.4 Å². The number of methoxy groups -OCH3 is 1. The van der Waals surface area contributed by atoms with Crippen molar-refractivity contribution in [2.24, 2.45) is 10.1 Å². The summed E-state index contributed by atoms with van der Waals surface area (Å²) in [5.41, 5.74) is 4.60. The zero-order valence-corrected chi connectivity index (χ0v) is 21.9. The van der Waals surface area contributed by atoms with Gasteiger partial charge in [-0.3, -0.25) is 9.59 Å². The Morgan fingerprint density at radius 2 is 1.89 bits per heavy atom. The molecule has 7 nitrogen and oxygen atoms in total. The van der Waals surface area contributed by atoms with Crippen LogP contribution in [0.5, 0.6) is 5.75 Å². The molecule has 0 aliphatic carbocycles. The van der Waals surface area contributed by atoms with Gasteiger partial charge in [-0.2, -0.15) is 10.1 Å². The van der Waals surface area contributed by atoms with E-state index in [-0.39, 0.29) is 24.3 Å². The van der Waals surface area contributed by atoms with Crippen LogP contribution in [0, 0.1) is 6.92 Å². The van der Waals surface area contributed by atoms with Crippen LogP contribution in [0.1, 0.15) is 35.6 Å². The molecule has 0 unspecified atom stereocenters. The predicted octanol–water partition coefficient (Wildman–Crippen LogP) is 5.83. The number of benzene rings is 3. The summed E-state index contributed by atoms with van der Waals surface area (Å²) < 4.78 is 5.28. The van der Waals surface area contributed by atoms with Crippen LogP contribution in [-0.2, 0) is 9.59 Å². The SMILES string of the molecule is COc1ccc(C2=NN(C3=NC(=O)[C@@H](CC(=O)Nc4cccc(C)c4)S3)[C@H](c3ccc(Cl)cc3)C2)cc1. The molecular weight excluding hydrogens is 508 g/mol. The quantitative estimate of drug-likeness (QED) is 0.431. The summed E-state index contributed by atoms with van der Waals surface area (Å²) in [5.74, 6) is 0.204.